The van der Waals surface area contributed by atoms with E-state index in [4.69, 9.17) is 14.5 Å². The fourth-order valence-corrected chi connectivity index (χ4v) is 4.78. The van der Waals surface area contributed by atoms with Gasteiger partial charge in [-0.25, -0.2) is 9.97 Å². The number of aryl methyl sites for hydroxylation is 2. The van der Waals surface area contributed by atoms with E-state index >= 15 is 0 Å². The molecule has 1 atom stereocenters. The zero-order valence-electron chi connectivity index (χ0n) is 20.7. The molecule has 3 aromatic rings. The Hall–Kier alpha value is -3.19. The van der Waals surface area contributed by atoms with Crippen molar-refractivity contribution >= 4 is 22.6 Å². The van der Waals surface area contributed by atoms with Crippen molar-refractivity contribution < 1.29 is 14.3 Å². The van der Waals surface area contributed by atoms with Gasteiger partial charge in [-0.15, -0.1) is 0 Å². The minimum Gasteiger partial charge on any atom is -0.496 e. The highest BCUT2D eigenvalue weighted by atomic mass is 16.5. The van der Waals surface area contributed by atoms with Gasteiger partial charge in [-0.1, -0.05) is 29.8 Å². The van der Waals surface area contributed by atoms with Crippen molar-refractivity contribution in [3.05, 3.63) is 58.9 Å². The molecule has 2 aromatic carbocycles. The fraction of sp³-hybridized carbons (Fsp3) is 0.444. The number of nitrogens with zero attached hydrogens (tertiary/aromatic N) is 3. The molecule has 0 radical (unpaired) electrons. The number of ether oxygens (including phenoxy) is 2. The third-order valence-electron chi connectivity index (χ3n) is 6.61. The van der Waals surface area contributed by atoms with Crippen LogP contribution in [-0.4, -0.2) is 54.7 Å². The number of carbonyl (C=O) groups is 1. The molecule has 0 aliphatic carbocycles. The summed E-state index contributed by atoms with van der Waals surface area (Å²) in [7, 11) is 3.26. The Morgan fingerprint density at radius 3 is 2.59 bits per heavy atom. The molecule has 0 saturated carbocycles. The molecule has 1 fully saturated rings. The van der Waals surface area contributed by atoms with Crippen LogP contribution in [0.5, 0.6) is 5.75 Å². The van der Waals surface area contributed by atoms with Crippen molar-refractivity contribution in [2.45, 2.75) is 45.6 Å². The van der Waals surface area contributed by atoms with Gasteiger partial charge < -0.3 is 19.7 Å². The number of piperidine rings is 1. The van der Waals surface area contributed by atoms with Crippen LogP contribution in [-0.2, 0) is 9.53 Å². The molecule has 34 heavy (non-hydrogen) atoms. The molecule has 1 N–H and O–H groups in total. The molecular formula is C27H34N4O3. The number of amides is 1. The van der Waals surface area contributed by atoms with Gasteiger partial charge in [0.05, 0.1) is 12.6 Å². The highest BCUT2D eigenvalue weighted by molar-refractivity contribution is 5.91. The maximum Gasteiger partial charge on any atom is 0.248 e. The summed E-state index contributed by atoms with van der Waals surface area (Å²) < 4.78 is 10.8. The maximum atomic E-state index is 12.2. The van der Waals surface area contributed by atoms with E-state index in [9.17, 15) is 4.79 Å². The van der Waals surface area contributed by atoms with Crippen molar-refractivity contribution in [1.82, 2.24) is 14.9 Å². The molecule has 0 bridgehead atoms. The number of carbonyl (C=O) groups excluding carboxylic acids is 1. The third-order valence-corrected chi connectivity index (χ3v) is 6.61. The Morgan fingerprint density at radius 1 is 1.15 bits per heavy atom. The Bertz CT molecular complexity index is 1170. The van der Waals surface area contributed by atoms with E-state index in [2.05, 4.69) is 54.5 Å². The lowest BCUT2D eigenvalue weighted by Crippen LogP contribution is -2.39. The number of likely N-dealkylation sites (tertiary alicyclic amines) is 1. The quantitative estimate of drug-likeness (QED) is 0.545. The molecule has 0 spiro atoms. The minimum atomic E-state index is 0.0481. The lowest BCUT2D eigenvalue weighted by molar-refractivity contribution is -0.136. The molecule has 1 aromatic heterocycles. The average molecular weight is 463 g/mol. The number of aromatic nitrogens is 2. The first-order chi connectivity index (χ1) is 16.4. The second kappa shape index (κ2) is 10.4. The first-order valence-corrected chi connectivity index (χ1v) is 11.9. The predicted molar refractivity (Wildman–Crippen MR) is 134 cm³/mol. The normalized spacial score (nSPS) is 15.4. The Labute approximate surface area is 201 Å². The zero-order valence-corrected chi connectivity index (χ0v) is 20.7. The van der Waals surface area contributed by atoms with Gasteiger partial charge in [0.1, 0.15) is 24.0 Å². The predicted octanol–water partition coefficient (Wildman–Crippen LogP) is 4.78. The van der Waals surface area contributed by atoms with E-state index in [1.165, 1.54) is 11.1 Å². The van der Waals surface area contributed by atoms with Crippen molar-refractivity contribution in [2.24, 2.45) is 0 Å². The largest absolute Gasteiger partial charge is 0.496 e. The van der Waals surface area contributed by atoms with Gasteiger partial charge in [-0.3, -0.25) is 4.79 Å². The molecule has 1 saturated heterocycles. The van der Waals surface area contributed by atoms with Gasteiger partial charge in [0.15, 0.2) is 0 Å². The summed E-state index contributed by atoms with van der Waals surface area (Å²) in [5.74, 6) is 2.73. The molecule has 1 aliphatic rings. The maximum absolute atomic E-state index is 12.2. The van der Waals surface area contributed by atoms with E-state index in [0.29, 0.717) is 24.8 Å². The number of anilines is 1. The van der Waals surface area contributed by atoms with Gasteiger partial charge in [0.2, 0.25) is 5.91 Å². The summed E-state index contributed by atoms with van der Waals surface area (Å²) >= 11 is 0. The second-order valence-corrected chi connectivity index (χ2v) is 9.10. The molecule has 1 amide bonds. The standard InChI is InChI=1S/C27H34N4O3/c1-17-7-6-8-21(13-17)18(2)28-27-23-14-22(25(34-5)15-24(23)29-19(3)30-27)20-9-11-31(12-10-20)26(32)16-33-4/h6-8,13-15,18,20H,9-12,16H2,1-5H3,(H,28,29,30)/t18-/m1/s1. The van der Waals surface area contributed by atoms with Gasteiger partial charge in [-0.2, -0.15) is 0 Å². The highest BCUT2D eigenvalue weighted by Crippen LogP contribution is 2.38. The summed E-state index contributed by atoms with van der Waals surface area (Å²) in [6.07, 6.45) is 1.76. The molecule has 1 aliphatic heterocycles. The van der Waals surface area contributed by atoms with E-state index in [0.717, 1.165) is 40.9 Å². The molecule has 7 heteroatoms. The summed E-state index contributed by atoms with van der Waals surface area (Å²) in [6, 6.07) is 12.8. The van der Waals surface area contributed by atoms with E-state index in [1.54, 1.807) is 14.2 Å². The monoisotopic (exact) mass is 462 g/mol. The Kier molecular flexibility index (Phi) is 7.32. The van der Waals surface area contributed by atoms with Crippen molar-refractivity contribution in [3.63, 3.8) is 0 Å². The molecule has 2 heterocycles. The van der Waals surface area contributed by atoms with Crippen molar-refractivity contribution in [1.29, 1.82) is 0 Å². The van der Waals surface area contributed by atoms with Crippen LogP contribution >= 0.6 is 0 Å². The second-order valence-electron chi connectivity index (χ2n) is 9.10. The lowest BCUT2D eigenvalue weighted by Gasteiger charge is -2.33. The number of fused-ring (bicyclic) bond motifs is 1. The van der Waals surface area contributed by atoms with Crippen LogP contribution in [0.1, 0.15) is 54.2 Å². The minimum absolute atomic E-state index is 0.0481. The summed E-state index contributed by atoms with van der Waals surface area (Å²) in [5, 5.41) is 4.60. The first kappa shape index (κ1) is 24.0. The van der Waals surface area contributed by atoms with Gasteiger partial charge in [-0.05, 0) is 56.7 Å². The molecular weight excluding hydrogens is 428 g/mol. The zero-order chi connectivity index (χ0) is 24.2. The molecule has 0 unspecified atom stereocenters. The lowest BCUT2D eigenvalue weighted by atomic mass is 9.88. The first-order valence-electron chi connectivity index (χ1n) is 11.9. The number of nitrogens with one attached hydrogen (secondary N) is 1. The van der Waals surface area contributed by atoms with Gasteiger partial charge in [0.25, 0.3) is 0 Å². The van der Waals surface area contributed by atoms with Crippen LogP contribution in [0.3, 0.4) is 0 Å². The summed E-state index contributed by atoms with van der Waals surface area (Å²) in [6.45, 7) is 7.73. The number of rotatable bonds is 7. The number of hydrogen-bond donors (Lipinski definition) is 1. The van der Waals surface area contributed by atoms with Crippen molar-refractivity contribution in [2.75, 3.05) is 39.2 Å². The van der Waals surface area contributed by atoms with Crippen LogP contribution < -0.4 is 10.1 Å². The molecule has 4 rings (SSSR count). The average Bonchev–Trinajstić information content (AvgIpc) is 2.83. The van der Waals surface area contributed by atoms with E-state index < -0.39 is 0 Å². The summed E-state index contributed by atoms with van der Waals surface area (Å²) in [5.41, 5.74) is 4.45. The molecule has 7 nitrogen and oxygen atoms in total. The van der Waals surface area contributed by atoms with Crippen molar-refractivity contribution in [3.8, 4) is 5.75 Å². The summed E-state index contributed by atoms with van der Waals surface area (Å²) in [4.78, 5) is 23.5. The number of methoxy groups -OCH3 is 2. The van der Waals surface area contributed by atoms with Gasteiger partial charge >= 0.3 is 0 Å². The molecule has 180 valence electrons. The van der Waals surface area contributed by atoms with Gasteiger partial charge in [0, 0.05) is 37.7 Å². The Morgan fingerprint density at radius 2 is 1.91 bits per heavy atom. The third kappa shape index (κ3) is 5.14. The van der Waals surface area contributed by atoms with Crippen LogP contribution in [0.4, 0.5) is 5.82 Å². The SMILES string of the molecule is COCC(=O)N1CCC(c2cc3c(N[C@H](C)c4cccc(C)c4)nc(C)nc3cc2OC)CC1. The number of hydrogen-bond acceptors (Lipinski definition) is 6. The van der Waals surface area contributed by atoms with Crippen LogP contribution in [0.25, 0.3) is 10.9 Å². The van der Waals surface area contributed by atoms with E-state index in [-0.39, 0.29) is 18.6 Å². The smallest absolute Gasteiger partial charge is 0.248 e. The topological polar surface area (TPSA) is 76.6 Å². The fourth-order valence-electron chi connectivity index (χ4n) is 4.78. The Balaban J connectivity index is 1.65. The van der Waals surface area contributed by atoms with Crippen LogP contribution in [0.2, 0.25) is 0 Å². The highest BCUT2D eigenvalue weighted by Gasteiger charge is 2.26. The number of benzene rings is 2. The van der Waals surface area contributed by atoms with Crippen LogP contribution in [0.15, 0.2) is 36.4 Å². The van der Waals surface area contributed by atoms with E-state index in [1.807, 2.05) is 17.9 Å². The van der Waals surface area contributed by atoms with Crippen LogP contribution in [0, 0.1) is 13.8 Å².